The van der Waals surface area contributed by atoms with Gasteiger partial charge in [0.1, 0.15) is 15.9 Å². The van der Waals surface area contributed by atoms with Crippen molar-refractivity contribution in [2.45, 2.75) is 37.6 Å². The quantitative estimate of drug-likeness (QED) is 0.733. The van der Waals surface area contributed by atoms with E-state index in [0.717, 1.165) is 37.7 Å². The minimum Gasteiger partial charge on any atom is -0.379 e. The van der Waals surface area contributed by atoms with Crippen molar-refractivity contribution in [3.8, 4) is 0 Å². The second-order valence-corrected chi connectivity index (χ2v) is 8.80. The average molecular weight is 399 g/mol. The molecule has 1 aliphatic rings. The lowest BCUT2D eigenvalue weighted by molar-refractivity contribution is 0.00297. The van der Waals surface area contributed by atoms with Gasteiger partial charge in [0.2, 0.25) is 10.0 Å². The molecule has 0 bridgehead atoms. The Hall–Kier alpha value is -1.13. The van der Waals surface area contributed by atoms with Crippen molar-refractivity contribution in [1.29, 1.82) is 0 Å². The molecule has 1 aromatic heterocycles. The minimum absolute atomic E-state index is 0.163. The highest BCUT2D eigenvalue weighted by molar-refractivity contribution is 7.89. The van der Waals surface area contributed by atoms with Crippen LogP contribution < -0.4 is 4.72 Å². The van der Waals surface area contributed by atoms with Gasteiger partial charge in [0.05, 0.1) is 24.9 Å². The Bertz CT molecular complexity index is 814. The molecule has 9 heteroatoms. The molecule has 1 saturated heterocycles. The molecule has 0 amide bonds. The summed E-state index contributed by atoms with van der Waals surface area (Å²) in [6.45, 7) is 7.81. The second kappa shape index (κ2) is 8.71. The maximum absolute atomic E-state index is 12.9. The first-order valence-corrected chi connectivity index (χ1v) is 11.3. The van der Waals surface area contributed by atoms with Crippen LogP contribution in [0.15, 0.2) is 23.1 Å². The van der Waals surface area contributed by atoms with E-state index in [1.807, 2.05) is 0 Å². The van der Waals surface area contributed by atoms with E-state index in [4.69, 9.17) is 4.74 Å². The number of aromatic nitrogens is 2. The molecule has 0 radical (unpaired) electrons. The summed E-state index contributed by atoms with van der Waals surface area (Å²) in [6, 6.07) is 5.24. The van der Waals surface area contributed by atoms with Crippen LogP contribution in [0.3, 0.4) is 0 Å². The van der Waals surface area contributed by atoms with Gasteiger partial charge in [-0.05, 0) is 18.1 Å². The van der Waals surface area contributed by atoms with Crippen LogP contribution >= 0.6 is 11.7 Å². The summed E-state index contributed by atoms with van der Waals surface area (Å²) >= 11 is 1.03. The van der Waals surface area contributed by atoms with Crippen LogP contribution in [0.1, 0.15) is 26.7 Å². The van der Waals surface area contributed by atoms with Crippen LogP contribution in [0.5, 0.6) is 0 Å². The van der Waals surface area contributed by atoms with Gasteiger partial charge in [0.25, 0.3) is 0 Å². The van der Waals surface area contributed by atoms with E-state index in [9.17, 15) is 8.42 Å². The third-order valence-electron chi connectivity index (χ3n) is 5.13. The Labute approximate surface area is 159 Å². The van der Waals surface area contributed by atoms with E-state index < -0.39 is 10.0 Å². The number of ether oxygens (including phenoxy) is 1. The Kier molecular flexibility index (Phi) is 6.57. The molecule has 0 saturated carbocycles. The molecule has 1 aliphatic heterocycles. The fourth-order valence-corrected chi connectivity index (χ4v) is 5.42. The van der Waals surface area contributed by atoms with Crippen molar-refractivity contribution in [2.75, 3.05) is 32.8 Å². The zero-order valence-corrected chi connectivity index (χ0v) is 16.9. The lowest BCUT2D eigenvalue weighted by Crippen LogP contribution is -2.52. The van der Waals surface area contributed by atoms with E-state index in [2.05, 4.69) is 32.2 Å². The third-order valence-corrected chi connectivity index (χ3v) is 7.13. The maximum Gasteiger partial charge on any atom is 0.242 e. The van der Waals surface area contributed by atoms with Crippen LogP contribution in [0, 0.1) is 5.92 Å². The number of morpholine rings is 1. The summed E-state index contributed by atoms with van der Waals surface area (Å²) in [5, 5.41) is 0. The van der Waals surface area contributed by atoms with E-state index in [-0.39, 0.29) is 10.9 Å². The molecule has 2 heterocycles. The van der Waals surface area contributed by atoms with Crippen molar-refractivity contribution < 1.29 is 13.2 Å². The summed E-state index contributed by atoms with van der Waals surface area (Å²) in [4.78, 5) is 2.56. The molecule has 0 aliphatic carbocycles. The van der Waals surface area contributed by atoms with E-state index in [1.165, 1.54) is 0 Å². The third kappa shape index (κ3) is 4.23. The largest absolute Gasteiger partial charge is 0.379 e. The van der Waals surface area contributed by atoms with Crippen molar-refractivity contribution in [3.63, 3.8) is 0 Å². The molecule has 26 heavy (non-hydrogen) atoms. The summed E-state index contributed by atoms with van der Waals surface area (Å²) in [5.41, 5.74) is 1.05. The van der Waals surface area contributed by atoms with Crippen molar-refractivity contribution in [2.24, 2.45) is 5.92 Å². The number of fused-ring (bicyclic) bond motifs is 1. The predicted octanol–water partition coefficient (Wildman–Crippen LogP) is 2.11. The highest BCUT2D eigenvalue weighted by Gasteiger charge is 2.29. The molecule has 1 fully saturated rings. The lowest BCUT2D eigenvalue weighted by atomic mass is 9.92. The summed E-state index contributed by atoms with van der Waals surface area (Å²) in [5.74, 6) is 0.438. The predicted molar refractivity (Wildman–Crippen MR) is 103 cm³/mol. The molecule has 1 aromatic carbocycles. The highest BCUT2D eigenvalue weighted by Crippen LogP contribution is 2.23. The fraction of sp³-hybridized carbons (Fsp3) is 0.647. The van der Waals surface area contributed by atoms with Gasteiger partial charge in [0, 0.05) is 25.7 Å². The lowest BCUT2D eigenvalue weighted by Gasteiger charge is -2.38. The van der Waals surface area contributed by atoms with Crippen LogP contribution in [0.4, 0.5) is 0 Å². The molecular weight excluding hydrogens is 372 g/mol. The molecule has 3 rings (SSSR count). The molecule has 1 atom stereocenters. The second-order valence-electron chi connectivity index (χ2n) is 6.53. The van der Waals surface area contributed by atoms with Crippen molar-refractivity contribution in [3.05, 3.63) is 18.2 Å². The number of benzene rings is 1. The topological polar surface area (TPSA) is 84.4 Å². The van der Waals surface area contributed by atoms with E-state index in [0.29, 0.717) is 36.7 Å². The Morgan fingerprint density at radius 2 is 1.96 bits per heavy atom. The van der Waals surface area contributed by atoms with Gasteiger partial charge in [-0.2, -0.15) is 8.75 Å². The van der Waals surface area contributed by atoms with Crippen LogP contribution in [0.25, 0.3) is 11.0 Å². The summed E-state index contributed by atoms with van der Waals surface area (Å²) < 4.78 is 42.4. The van der Waals surface area contributed by atoms with Crippen LogP contribution in [-0.2, 0) is 14.8 Å². The average Bonchev–Trinajstić information content (AvgIpc) is 3.14. The monoisotopic (exact) mass is 398 g/mol. The zero-order valence-electron chi connectivity index (χ0n) is 15.2. The van der Waals surface area contributed by atoms with Crippen LogP contribution in [-0.4, -0.2) is 61.0 Å². The SMILES string of the molecule is CCC(CC)C(CNS(=O)(=O)c1cccc2nsnc12)N1CCOCC1. The zero-order chi connectivity index (χ0) is 18.6. The Morgan fingerprint density at radius 3 is 2.65 bits per heavy atom. The number of sulfonamides is 1. The first-order valence-electron chi connectivity index (χ1n) is 9.09. The van der Waals surface area contributed by atoms with Crippen molar-refractivity contribution in [1.82, 2.24) is 18.4 Å². The highest BCUT2D eigenvalue weighted by atomic mass is 32.2. The number of hydrogen-bond donors (Lipinski definition) is 1. The van der Waals surface area contributed by atoms with E-state index >= 15 is 0 Å². The maximum atomic E-state index is 12.9. The molecule has 0 spiro atoms. The first-order chi connectivity index (χ1) is 12.6. The molecule has 144 valence electrons. The molecule has 7 nitrogen and oxygen atoms in total. The normalized spacial score (nSPS) is 17.8. The van der Waals surface area contributed by atoms with Gasteiger partial charge in [-0.3, -0.25) is 4.90 Å². The Balaban J connectivity index is 1.79. The first kappa shape index (κ1) is 19.6. The minimum atomic E-state index is -3.64. The van der Waals surface area contributed by atoms with E-state index in [1.54, 1.807) is 18.2 Å². The van der Waals surface area contributed by atoms with Gasteiger partial charge in [-0.1, -0.05) is 32.8 Å². The smallest absolute Gasteiger partial charge is 0.242 e. The summed E-state index contributed by atoms with van der Waals surface area (Å²) in [6.07, 6.45) is 2.04. The van der Waals surface area contributed by atoms with Gasteiger partial charge < -0.3 is 4.74 Å². The Morgan fingerprint density at radius 1 is 1.23 bits per heavy atom. The van der Waals surface area contributed by atoms with Gasteiger partial charge >= 0.3 is 0 Å². The molecule has 1 unspecified atom stereocenters. The van der Waals surface area contributed by atoms with Crippen LogP contribution in [0.2, 0.25) is 0 Å². The number of nitrogens with one attached hydrogen (secondary N) is 1. The van der Waals surface area contributed by atoms with Gasteiger partial charge in [-0.25, -0.2) is 13.1 Å². The number of rotatable bonds is 8. The van der Waals surface area contributed by atoms with Gasteiger partial charge in [0.15, 0.2) is 0 Å². The standard InChI is InChI=1S/C17H26N4O3S2/c1-3-13(4-2)15(21-8-10-24-11-9-21)12-18-26(22,23)16-7-5-6-14-17(16)20-25-19-14/h5-7,13,15,18H,3-4,8-12H2,1-2H3. The number of nitrogens with zero attached hydrogens (tertiary/aromatic N) is 3. The molecular formula is C17H26N4O3S2. The van der Waals surface area contributed by atoms with Gasteiger partial charge in [-0.15, -0.1) is 0 Å². The molecule has 2 aromatic rings. The molecule has 1 N–H and O–H groups in total. The number of hydrogen-bond acceptors (Lipinski definition) is 7. The fourth-order valence-electron chi connectivity index (χ4n) is 3.61. The van der Waals surface area contributed by atoms with Crippen molar-refractivity contribution >= 4 is 32.8 Å². The summed E-state index contributed by atoms with van der Waals surface area (Å²) in [7, 11) is -3.64.